The van der Waals surface area contributed by atoms with Gasteiger partial charge in [0.15, 0.2) is 0 Å². The van der Waals surface area contributed by atoms with Crippen molar-refractivity contribution in [2.45, 2.75) is 52.4 Å². The maximum absolute atomic E-state index is 8.60. The first-order chi connectivity index (χ1) is 6.70. The highest BCUT2D eigenvalue weighted by Gasteiger charge is 2.01. The number of hydrogen-bond donors (Lipinski definition) is 1. The highest BCUT2D eigenvalue weighted by molar-refractivity contribution is 5.76. The third-order valence-corrected chi connectivity index (χ3v) is 1.90. The summed E-state index contributed by atoms with van der Waals surface area (Å²) in [5.41, 5.74) is 0. The Bertz CT molecular complexity index is 188. The summed E-state index contributed by atoms with van der Waals surface area (Å²) in [7, 11) is 0. The summed E-state index contributed by atoms with van der Waals surface area (Å²) in [5.74, 6) is 0.931. The number of nitrogens with zero attached hydrogens (tertiary/aromatic N) is 1. The number of hydrogen-bond acceptors (Lipinski definition) is 3. The van der Waals surface area contributed by atoms with Gasteiger partial charge in [-0.25, -0.2) is 0 Å². The van der Waals surface area contributed by atoms with Crippen molar-refractivity contribution in [3.05, 3.63) is 12.3 Å². The van der Waals surface area contributed by atoms with Gasteiger partial charge in [-0.3, -0.25) is 0 Å². The summed E-state index contributed by atoms with van der Waals surface area (Å²) < 4.78 is 5.11. The van der Waals surface area contributed by atoms with E-state index in [4.69, 9.17) is 9.94 Å². The predicted molar refractivity (Wildman–Crippen MR) is 58.5 cm³/mol. The van der Waals surface area contributed by atoms with Crippen LogP contribution in [0.1, 0.15) is 52.4 Å². The molecule has 0 fully saturated rings. The molecule has 0 atom stereocenters. The van der Waals surface area contributed by atoms with Gasteiger partial charge in [0.2, 0.25) is 5.90 Å². The van der Waals surface area contributed by atoms with Crippen LogP contribution in [-0.2, 0) is 4.74 Å². The van der Waals surface area contributed by atoms with Crippen LogP contribution >= 0.6 is 0 Å². The maximum atomic E-state index is 8.60. The Hall–Kier alpha value is -0.990. The third kappa shape index (κ3) is 7.65. The third-order valence-electron chi connectivity index (χ3n) is 1.90. The lowest BCUT2D eigenvalue weighted by molar-refractivity contribution is 0.284. The Morgan fingerprint density at radius 3 is 2.43 bits per heavy atom. The molecule has 0 aromatic carbocycles. The Kier molecular flexibility index (Phi) is 7.99. The fourth-order valence-corrected chi connectivity index (χ4v) is 1.20. The second kappa shape index (κ2) is 8.60. The van der Waals surface area contributed by atoms with Crippen molar-refractivity contribution in [2.75, 3.05) is 0 Å². The van der Waals surface area contributed by atoms with Gasteiger partial charge in [0.25, 0.3) is 0 Å². The molecule has 0 aliphatic heterocycles. The molecule has 0 aromatic heterocycles. The van der Waals surface area contributed by atoms with Crippen LogP contribution in [0.25, 0.3) is 0 Å². The van der Waals surface area contributed by atoms with Gasteiger partial charge in [0, 0.05) is 6.42 Å². The second-order valence-electron chi connectivity index (χ2n) is 3.46. The minimum Gasteiger partial charge on any atom is -0.445 e. The van der Waals surface area contributed by atoms with Crippen LogP contribution in [0.5, 0.6) is 0 Å². The smallest absolute Gasteiger partial charge is 0.230 e. The van der Waals surface area contributed by atoms with Gasteiger partial charge in [0.1, 0.15) is 0 Å². The molecule has 0 radical (unpaired) electrons. The quantitative estimate of drug-likeness (QED) is 0.170. The van der Waals surface area contributed by atoms with E-state index in [0.717, 1.165) is 12.8 Å². The lowest BCUT2D eigenvalue weighted by Crippen LogP contribution is -2.02. The van der Waals surface area contributed by atoms with Crippen molar-refractivity contribution >= 4 is 5.90 Å². The molecule has 0 rings (SSSR count). The van der Waals surface area contributed by atoms with E-state index < -0.39 is 0 Å². The Morgan fingerprint density at radius 1 is 1.29 bits per heavy atom. The number of allylic oxidation sites excluding steroid dienone is 1. The van der Waals surface area contributed by atoms with Crippen LogP contribution in [0.4, 0.5) is 0 Å². The minimum atomic E-state index is 0.369. The van der Waals surface area contributed by atoms with Gasteiger partial charge in [0.05, 0.1) is 5.76 Å². The van der Waals surface area contributed by atoms with Gasteiger partial charge in [-0.1, -0.05) is 44.3 Å². The Balaban J connectivity index is 3.49. The molecule has 0 spiro atoms. The average Bonchev–Trinajstić information content (AvgIpc) is 2.15. The Morgan fingerprint density at radius 2 is 1.93 bits per heavy atom. The van der Waals surface area contributed by atoms with Gasteiger partial charge in [-0.2, -0.15) is 0 Å². The molecular formula is C11H21NO2. The topological polar surface area (TPSA) is 41.8 Å². The summed E-state index contributed by atoms with van der Waals surface area (Å²) in [6.45, 7) is 7.51. The summed E-state index contributed by atoms with van der Waals surface area (Å²) >= 11 is 0. The molecule has 0 heterocycles. The number of unbranched alkanes of at least 4 members (excludes halogenated alkanes) is 4. The standard InChI is InChI=1S/C11H21NO2/c1-4-5-6-7-8-9-11(12-13)14-10(2)3/h13H,2,4-9H2,1,3H3. The first-order valence-corrected chi connectivity index (χ1v) is 5.25. The SMILES string of the molecule is C=C(C)OC(CCCCCCC)=NO. The second-order valence-corrected chi connectivity index (χ2v) is 3.46. The molecule has 0 saturated carbocycles. The molecule has 0 saturated heterocycles. The molecule has 0 aromatic rings. The van der Waals surface area contributed by atoms with Crippen molar-refractivity contribution in [1.29, 1.82) is 0 Å². The van der Waals surface area contributed by atoms with Crippen LogP contribution in [0.2, 0.25) is 0 Å². The molecule has 0 bridgehead atoms. The zero-order valence-corrected chi connectivity index (χ0v) is 9.25. The van der Waals surface area contributed by atoms with Gasteiger partial charge in [-0.15, -0.1) is 0 Å². The lowest BCUT2D eigenvalue weighted by Gasteiger charge is -2.05. The van der Waals surface area contributed by atoms with E-state index in [2.05, 4.69) is 18.7 Å². The van der Waals surface area contributed by atoms with E-state index in [1.54, 1.807) is 6.92 Å². The normalized spacial score (nSPS) is 11.4. The van der Waals surface area contributed by atoms with Crippen LogP contribution in [0.3, 0.4) is 0 Å². The predicted octanol–water partition coefficient (Wildman–Crippen LogP) is 3.68. The van der Waals surface area contributed by atoms with E-state index in [0.29, 0.717) is 18.1 Å². The van der Waals surface area contributed by atoms with E-state index in [-0.39, 0.29) is 0 Å². The number of oxime groups is 1. The summed E-state index contributed by atoms with van der Waals surface area (Å²) in [6.07, 6.45) is 6.60. The van der Waals surface area contributed by atoms with Crippen molar-refractivity contribution in [2.24, 2.45) is 5.16 Å². The molecule has 82 valence electrons. The maximum Gasteiger partial charge on any atom is 0.230 e. The molecule has 0 aliphatic carbocycles. The van der Waals surface area contributed by atoms with Gasteiger partial charge < -0.3 is 9.94 Å². The van der Waals surface area contributed by atoms with E-state index in [9.17, 15) is 0 Å². The van der Waals surface area contributed by atoms with Crippen LogP contribution in [0.15, 0.2) is 17.5 Å². The highest BCUT2D eigenvalue weighted by Crippen LogP contribution is 2.07. The first kappa shape index (κ1) is 13.0. The number of ether oxygens (including phenoxy) is 1. The minimum absolute atomic E-state index is 0.369. The molecule has 0 amide bonds. The summed E-state index contributed by atoms with van der Waals surface area (Å²) in [4.78, 5) is 0. The molecule has 14 heavy (non-hydrogen) atoms. The zero-order valence-electron chi connectivity index (χ0n) is 9.25. The zero-order chi connectivity index (χ0) is 10.8. The van der Waals surface area contributed by atoms with Crippen LogP contribution in [-0.4, -0.2) is 11.1 Å². The van der Waals surface area contributed by atoms with Crippen molar-refractivity contribution in [1.82, 2.24) is 0 Å². The fraction of sp³-hybridized carbons (Fsp3) is 0.727. The number of rotatable bonds is 7. The Labute approximate surface area is 86.5 Å². The van der Waals surface area contributed by atoms with E-state index in [1.807, 2.05) is 0 Å². The average molecular weight is 199 g/mol. The monoisotopic (exact) mass is 199 g/mol. The molecule has 3 nitrogen and oxygen atoms in total. The molecule has 0 unspecified atom stereocenters. The molecule has 0 aliphatic rings. The molecule has 1 N–H and O–H groups in total. The fourth-order valence-electron chi connectivity index (χ4n) is 1.20. The first-order valence-electron chi connectivity index (χ1n) is 5.25. The lowest BCUT2D eigenvalue weighted by atomic mass is 10.1. The highest BCUT2D eigenvalue weighted by atomic mass is 16.5. The van der Waals surface area contributed by atoms with Crippen LogP contribution in [0, 0.1) is 0 Å². The van der Waals surface area contributed by atoms with Crippen molar-refractivity contribution in [3.63, 3.8) is 0 Å². The van der Waals surface area contributed by atoms with Gasteiger partial charge in [-0.05, 0) is 13.3 Å². The van der Waals surface area contributed by atoms with Crippen molar-refractivity contribution < 1.29 is 9.94 Å². The summed E-state index contributed by atoms with van der Waals surface area (Å²) in [5, 5.41) is 11.7. The van der Waals surface area contributed by atoms with E-state index >= 15 is 0 Å². The summed E-state index contributed by atoms with van der Waals surface area (Å²) in [6, 6.07) is 0. The molecular weight excluding hydrogens is 178 g/mol. The van der Waals surface area contributed by atoms with Crippen LogP contribution < -0.4 is 0 Å². The van der Waals surface area contributed by atoms with E-state index in [1.165, 1.54) is 19.3 Å². The van der Waals surface area contributed by atoms with Crippen molar-refractivity contribution in [3.8, 4) is 0 Å². The largest absolute Gasteiger partial charge is 0.445 e. The molecule has 3 heteroatoms. The van der Waals surface area contributed by atoms with Gasteiger partial charge >= 0.3 is 0 Å².